The Balaban J connectivity index is 2.29. The molecule has 2 aromatic rings. The molecule has 1 aromatic heterocycles. The Morgan fingerprint density at radius 2 is 1.87 bits per heavy atom. The van der Waals surface area contributed by atoms with Crippen molar-refractivity contribution in [3.63, 3.8) is 0 Å². The first-order chi connectivity index (χ1) is 7.09. The lowest BCUT2D eigenvalue weighted by molar-refractivity contribution is 0.818. The summed E-state index contributed by atoms with van der Waals surface area (Å²) in [6, 6.07) is 8.64. The summed E-state index contributed by atoms with van der Waals surface area (Å²) in [5.74, 6) is 0. The minimum absolute atomic E-state index is 0.117. The van der Waals surface area contributed by atoms with E-state index in [-0.39, 0.29) is 6.04 Å². The van der Waals surface area contributed by atoms with Crippen molar-refractivity contribution in [2.24, 2.45) is 12.8 Å². The fourth-order valence-electron chi connectivity index (χ4n) is 1.58. The van der Waals surface area contributed by atoms with Crippen LogP contribution in [0.15, 0.2) is 24.3 Å². The Labute approximate surface area is 94.5 Å². The van der Waals surface area contributed by atoms with Crippen LogP contribution >= 0.6 is 11.5 Å². The molecule has 3 heteroatoms. The van der Waals surface area contributed by atoms with Gasteiger partial charge >= 0.3 is 0 Å². The average molecular weight is 220 g/mol. The van der Waals surface area contributed by atoms with Gasteiger partial charge < -0.3 is 9.69 Å². The van der Waals surface area contributed by atoms with Crippen LogP contribution in [0.25, 0.3) is 10.4 Å². The lowest BCUT2D eigenvalue weighted by Gasteiger charge is -2.15. The normalized spacial score (nSPS) is 13.1. The van der Waals surface area contributed by atoms with Gasteiger partial charge in [0.2, 0.25) is 0 Å². The number of hydrogen-bond acceptors (Lipinski definition) is 2. The van der Waals surface area contributed by atoms with E-state index in [1.165, 1.54) is 21.7 Å². The number of nitrogens with two attached hydrogens (primary N) is 1. The van der Waals surface area contributed by atoms with Crippen LogP contribution < -0.4 is 5.73 Å². The molecule has 0 fully saturated rings. The molecule has 1 aromatic carbocycles. The molecular weight excluding hydrogens is 204 g/mol. The minimum Gasteiger partial charge on any atom is -0.324 e. The van der Waals surface area contributed by atoms with E-state index < -0.39 is 0 Å². The maximum Gasteiger partial charge on any atom is 0.0715 e. The zero-order valence-electron chi connectivity index (χ0n) is 9.32. The van der Waals surface area contributed by atoms with Crippen molar-refractivity contribution in [3.8, 4) is 10.4 Å². The van der Waals surface area contributed by atoms with Crippen molar-refractivity contribution < 1.29 is 0 Å². The molecule has 0 aliphatic carbocycles. The summed E-state index contributed by atoms with van der Waals surface area (Å²) in [6.45, 7) is 4.15. The summed E-state index contributed by atoms with van der Waals surface area (Å²) in [7, 11) is 2.08. The molecular formula is C12H16N2S. The van der Waals surface area contributed by atoms with E-state index >= 15 is 0 Å². The maximum atomic E-state index is 5.81. The van der Waals surface area contributed by atoms with Crippen molar-refractivity contribution in [1.29, 1.82) is 0 Å². The molecule has 0 amide bonds. The maximum absolute atomic E-state index is 5.81. The van der Waals surface area contributed by atoms with Gasteiger partial charge in [-0.1, -0.05) is 35.8 Å². The average Bonchev–Trinajstić information content (AvgIpc) is 2.25. The Morgan fingerprint density at radius 1 is 1.27 bits per heavy atom. The molecule has 80 valence electrons. The topological polar surface area (TPSA) is 30.9 Å². The molecule has 1 heterocycles. The highest BCUT2D eigenvalue weighted by Gasteiger charge is 2.10. The fraction of sp³-hybridized carbons (Fsp3) is 0.333. The third-order valence-electron chi connectivity index (χ3n) is 2.73. The number of hydrogen-bond donors (Lipinski definition) is 1. The van der Waals surface area contributed by atoms with Crippen LogP contribution in [0.5, 0.6) is 0 Å². The quantitative estimate of drug-likeness (QED) is 0.828. The molecule has 0 spiro atoms. The largest absolute Gasteiger partial charge is 0.324 e. The highest BCUT2D eigenvalue weighted by atomic mass is 32.1. The summed E-state index contributed by atoms with van der Waals surface area (Å²) in [6.07, 6.45) is 0. The molecule has 0 bridgehead atoms. The second-order valence-electron chi connectivity index (χ2n) is 3.91. The summed E-state index contributed by atoms with van der Waals surface area (Å²) in [5.41, 5.74) is 9.63. The van der Waals surface area contributed by atoms with Gasteiger partial charge in [-0.05, 0) is 25.0 Å². The standard InChI is InChI=1S/C12H16N2S/c1-8(13)10-4-6-11(7-5-10)12-9(2)14(3)15-12/h4-8H,13H2,1-3H3/t8-/m1/s1. The first-order valence-electron chi connectivity index (χ1n) is 5.08. The predicted molar refractivity (Wildman–Crippen MR) is 66.1 cm³/mol. The van der Waals surface area contributed by atoms with Crippen LogP contribution in [-0.2, 0) is 7.05 Å². The molecule has 0 saturated heterocycles. The van der Waals surface area contributed by atoms with Gasteiger partial charge in [0.05, 0.1) is 4.88 Å². The molecule has 0 unspecified atom stereocenters. The molecule has 15 heavy (non-hydrogen) atoms. The number of benzene rings is 1. The van der Waals surface area contributed by atoms with Gasteiger partial charge in [-0.3, -0.25) is 0 Å². The zero-order chi connectivity index (χ0) is 11.0. The number of rotatable bonds is 2. The molecule has 1 atom stereocenters. The Hall–Kier alpha value is -1.06. The van der Waals surface area contributed by atoms with E-state index in [0.29, 0.717) is 0 Å². The third kappa shape index (κ3) is 1.85. The summed E-state index contributed by atoms with van der Waals surface area (Å²) in [5, 5.41) is 0. The van der Waals surface area contributed by atoms with Crippen LogP contribution in [-0.4, -0.2) is 3.96 Å². The minimum atomic E-state index is 0.117. The lowest BCUT2D eigenvalue weighted by Crippen LogP contribution is -2.04. The van der Waals surface area contributed by atoms with Crippen molar-refractivity contribution in [2.45, 2.75) is 19.9 Å². The van der Waals surface area contributed by atoms with Gasteiger partial charge in [0.1, 0.15) is 0 Å². The first-order valence-corrected chi connectivity index (χ1v) is 5.85. The third-order valence-corrected chi connectivity index (χ3v) is 3.99. The van der Waals surface area contributed by atoms with Crippen molar-refractivity contribution in [2.75, 3.05) is 0 Å². The van der Waals surface area contributed by atoms with Crippen LogP contribution in [0.3, 0.4) is 0 Å². The number of aryl methyl sites for hydroxylation is 1. The van der Waals surface area contributed by atoms with Crippen LogP contribution in [0.2, 0.25) is 0 Å². The summed E-state index contributed by atoms with van der Waals surface area (Å²) in [4.78, 5) is 1.37. The summed E-state index contributed by atoms with van der Waals surface area (Å²) >= 11 is 1.79. The Kier molecular flexibility index (Phi) is 2.67. The summed E-state index contributed by atoms with van der Waals surface area (Å²) < 4.78 is 2.18. The predicted octanol–water partition coefficient (Wildman–Crippen LogP) is 3.08. The second-order valence-corrected chi connectivity index (χ2v) is 5.05. The van der Waals surface area contributed by atoms with E-state index in [1.54, 1.807) is 11.5 Å². The van der Waals surface area contributed by atoms with Gasteiger partial charge in [0.25, 0.3) is 0 Å². The molecule has 0 aliphatic rings. The SMILES string of the molecule is Cc1c(-c2ccc([C@@H](C)N)cc2)sn1C. The number of nitrogens with zero attached hydrogens (tertiary/aromatic N) is 1. The monoisotopic (exact) mass is 220 g/mol. The van der Waals surface area contributed by atoms with E-state index in [2.05, 4.69) is 42.2 Å². The van der Waals surface area contributed by atoms with Crippen molar-refractivity contribution in [3.05, 3.63) is 35.5 Å². The first kappa shape index (κ1) is 10.5. The van der Waals surface area contributed by atoms with Gasteiger partial charge in [0, 0.05) is 18.8 Å². The van der Waals surface area contributed by atoms with E-state index in [1.807, 2.05) is 6.92 Å². The van der Waals surface area contributed by atoms with Crippen LogP contribution in [0, 0.1) is 6.92 Å². The second kappa shape index (κ2) is 3.83. The van der Waals surface area contributed by atoms with E-state index in [9.17, 15) is 0 Å². The van der Waals surface area contributed by atoms with Crippen molar-refractivity contribution >= 4 is 11.5 Å². The van der Waals surface area contributed by atoms with Crippen LogP contribution in [0.1, 0.15) is 24.2 Å². The number of aromatic nitrogens is 1. The lowest BCUT2D eigenvalue weighted by atomic mass is 10.1. The highest BCUT2D eigenvalue weighted by molar-refractivity contribution is 7.11. The molecule has 0 radical (unpaired) electrons. The zero-order valence-corrected chi connectivity index (χ0v) is 10.1. The molecule has 2 N–H and O–H groups in total. The van der Waals surface area contributed by atoms with E-state index in [0.717, 1.165) is 0 Å². The Bertz CT molecular complexity index is 448. The van der Waals surface area contributed by atoms with E-state index in [4.69, 9.17) is 5.73 Å². The molecule has 0 aliphatic heterocycles. The molecule has 2 rings (SSSR count). The smallest absolute Gasteiger partial charge is 0.0715 e. The van der Waals surface area contributed by atoms with Gasteiger partial charge in [-0.2, -0.15) is 0 Å². The van der Waals surface area contributed by atoms with Gasteiger partial charge in [0.15, 0.2) is 0 Å². The molecule has 0 saturated carbocycles. The van der Waals surface area contributed by atoms with Crippen LogP contribution in [0.4, 0.5) is 0 Å². The van der Waals surface area contributed by atoms with Crippen molar-refractivity contribution in [1.82, 2.24) is 3.96 Å². The van der Waals surface area contributed by atoms with Gasteiger partial charge in [-0.25, -0.2) is 0 Å². The fourth-order valence-corrected chi connectivity index (χ4v) is 2.46. The van der Waals surface area contributed by atoms with Gasteiger partial charge in [-0.15, -0.1) is 0 Å². The molecule has 2 nitrogen and oxygen atoms in total. The Morgan fingerprint density at radius 3 is 2.27 bits per heavy atom. The highest BCUT2D eigenvalue weighted by Crippen LogP contribution is 2.31.